The summed E-state index contributed by atoms with van der Waals surface area (Å²) in [6, 6.07) is 0.360. The van der Waals surface area contributed by atoms with E-state index in [0.29, 0.717) is 17.9 Å². The second-order valence-electron chi connectivity index (χ2n) is 5.99. The summed E-state index contributed by atoms with van der Waals surface area (Å²) in [4.78, 5) is 13.7. The van der Waals surface area contributed by atoms with Crippen LogP contribution in [-0.4, -0.2) is 49.9 Å². The molecule has 1 amide bonds. The van der Waals surface area contributed by atoms with Crippen LogP contribution in [0.4, 0.5) is 4.79 Å². The first kappa shape index (κ1) is 11.4. The molecule has 3 rings (SSSR count). The van der Waals surface area contributed by atoms with Crippen LogP contribution in [0, 0.1) is 11.8 Å². The molecule has 0 N–H and O–H groups in total. The van der Waals surface area contributed by atoms with Crippen molar-refractivity contribution in [1.29, 1.82) is 0 Å². The van der Waals surface area contributed by atoms with E-state index in [9.17, 15) is 4.79 Å². The van der Waals surface area contributed by atoms with Crippen molar-refractivity contribution in [2.24, 2.45) is 11.8 Å². The van der Waals surface area contributed by atoms with Crippen LogP contribution in [0.25, 0.3) is 0 Å². The smallest absolute Gasteiger partial charge is 0.410 e. The number of hydrogen-bond acceptors (Lipinski definition) is 5. The summed E-state index contributed by atoms with van der Waals surface area (Å²) < 4.78 is 7.15. The molecule has 1 aromatic rings. The maximum absolute atomic E-state index is 11.9. The van der Waals surface area contributed by atoms with Gasteiger partial charge in [-0.25, -0.2) is 9.48 Å². The molecule has 1 aliphatic carbocycles. The summed E-state index contributed by atoms with van der Waals surface area (Å²) in [7, 11) is 0. The molecular formula is C11H17N5O2. The molecule has 2 aliphatic rings. The third kappa shape index (κ3) is 1.93. The highest BCUT2D eigenvalue weighted by Crippen LogP contribution is 2.54. The Hall–Kier alpha value is -1.66. The van der Waals surface area contributed by atoms with Crippen molar-refractivity contribution in [3.63, 3.8) is 0 Å². The van der Waals surface area contributed by atoms with Crippen LogP contribution in [0.3, 0.4) is 0 Å². The van der Waals surface area contributed by atoms with Gasteiger partial charge in [-0.05, 0) is 31.2 Å². The fourth-order valence-electron chi connectivity index (χ4n) is 2.67. The molecule has 98 valence electrons. The topological polar surface area (TPSA) is 73.1 Å². The van der Waals surface area contributed by atoms with Crippen LogP contribution in [-0.2, 0) is 4.74 Å². The number of rotatable bonds is 1. The number of amides is 1. The van der Waals surface area contributed by atoms with Crippen molar-refractivity contribution in [2.45, 2.75) is 32.4 Å². The SMILES string of the molecule is CC(C)(C)OC(=O)N1C[C@@H]2C(n3cnnn3)[C@@H]2C1. The molecule has 0 aromatic carbocycles. The van der Waals surface area contributed by atoms with Crippen molar-refractivity contribution >= 4 is 6.09 Å². The van der Waals surface area contributed by atoms with Gasteiger partial charge >= 0.3 is 6.09 Å². The van der Waals surface area contributed by atoms with E-state index in [4.69, 9.17) is 4.74 Å². The number of ether oxygens (including phenoxy) is 1. The van der Waals surface area contributed by atoms with Crippen molar-refractivity contribution in [2.75, 3.05) is 13.1 Å². The average molecular weight is 251 g/mol. The summed E-state index contributed by atoms with van der Waals surface area (Å²) in [5.74, 6) is 0.946. The fourth-order valence-corrected chi connectivity index (χ4v) is 2.67. The van der Waals surface area contributed by atoms with Gasteiger partial charge in [0.2, 0.25) is 0 Å². The molecular weight excluding hydrogens is 234 g/mol. The molecule has 2 heterocycles. The number of tetrazole rings is 1. The molecule has 7 heteroatoms. The van der Waals surface area contributed by atoms with Crippen LogP contribution >= 0.6 is 0 Å². The molecule has 0 bridgehead atoms. The second-order valence-corrected chi connectivity index (χ2v) is 5.99. The van der Waals surface area contributed by atoms with Gasteiger partial charge in [0.15, 0.2) is 0 Å². The van der Waals surface area contributed by atoms with Gasteiger partial charge in [-0.2, -0.15) is 0 Å². The lowest BCUT2D eigenvalue weighted by Gasteiger charge is -2.25. The maximum Gasteiger partial charge on any atom is 0.410 e. The minimum absolute atomic E-state index is 0.217. The van der Waals surface area contributed by atoms with E-state index >= 15 is 0 Å². The number of hydrogen-bond donors (Lipinski definition) is 0. The van der Waals surface area contributed by atoms with Crippen molar-refractivity contribution in [3.8, 4) is 0 Å². The minimum atomic E-state index is -0.431. The van der Waals surface area contributed by atoms with E-state index in [-0.39, 0.29) is 6.09 Å². The molecule has 1 unspecified atom stereocenters. The highest BCUT2D eigenvalue weighted by Gasteiger charge is 2.59. The first-order valence-corrected chi connectivity index (χ1v) is 6.16. The number of likely N-dealkylation sites (tertiary alicyclic amines) is 1. The molecule has 3 atom stereocenters. The lowest BCUT2D eigenvalue weighted by Crippen LogP contribution is -2.37. The van der Waals surface area contributed by atoms with E-state index in [1.165, 1.54) is 0 Å². The highest BCUT2D eigenvalue weighted by atomic mass is 16.6. The van der Waals surface area contributed by atoms with Crippen LogP contribution in [0.1, 0.15) is 26.8 Å². The van der Waals surface area contributed by atoms with E-state index < -0.39 is 5.60 Å². The highest BCUT2D eigenvalue weighted by molar-refractivity contribution is 5.69. The lowest BCUT2D eigenvalue weighted by atomic mass is 10.2. The van der Waals surface area contributed by atoms with Crippen LogP contribution in [0.15, 0.2) is 6.33 Å². The quantitative estimate of drug-likeness (QED) is 0.735. The number of piperidine rings is 1. The van der Waals surface area contributed by atoms with Crippen molar-refractivity contribution in [3.05, 3.63) is 6.33 Å². The van der Waals surface area contributed by atoms with E-state index in [0.717, 1.165) is 13.1 Å². The van der Waals surface area contributed by atoms with Crippen LogP contribution in [0.2, 0.25) is 0 Å². The first-order valence-electron chi connectivity index (χ1n) is 6.16. The molecule has 0 radical (unpaired) electrons. The normalized spacial score (nSPS) is 30.2. The zero-order valence-corrected chi connectivity index (χ0v) is 10.8. The van der Waals surface area contributed by atoms with E-state index in [1.807, 2.05) is 20.8 Å². The molecule has 0 spiro atoms. The number of carbonyl (C=O) groups excluding carboxylic acids is 1. The van der Waals surface area contributed by atoms with Gasteiger partial charge in [-0.3, -0.25) is 0 Å². The molecule has 7 nitrogen and oxygen atoms in total. The molecule has 1 aliphatic heterocycles. The van der Waals surface area contributed by atoms with Crippen molar-refractivity contribution < 1.29 is 9.53 Å². The Balaban J connectivity index is 1.56. The Morgan fingerprint density at radius 3 is 2.50 bits per heavy atom. The van der Waals surface area contributed by atoms with Crippen molar-refractivity contribution in [1.82, 2.24) is 25.1 Å². The number of aromatic nitrogens is 4. The van der Waals surface area contributed by atoms with E-state index in [1.54, 1.807) is 15.9 Å². The predicted molar refractivity (Wildman–Crippen MR) is 61.6 cm³/mol. The third-order valence-electron chi connectivity index (χ3n) is 3.47. The molecule has 2 fully saturated rings. The average Bonchev–Trinajstić information content (AvgIpc) is 2.76. The van der Waals surface area contributed by atoms with Crippen LogP contribution in [0.5, 0.6) is 0 Å². The number of fused-ring (bicyclic) bond motifs is 1. The van der Waals surface area contributed by atoms with Crippen LogP contribution < -0.4 is 0 Å². The summed E-state index contributed by atoms with van der Waals surface area (Å²) in [5, 5.41) is 11.2. The van der Waals surface area contributed by atoms with Gasteiger partial charge in [0.1, 0.15) is 11.9 Å². The fraction of sp³-hybridized carbons (Fsp3) is 0.818. The Kier molecular flexibility index (Phi) is 2.33. The van der Waals surface area contributed by atoms with Gasteiger partial charge in [0.25, 0.3) is 0 Å². The lowest BCUT2D eigenvalue weighted by molar-refractivity contribution is 0.0265. The Morgan fingerprint density at radius 1 is 1.33 bits per heavy atom. The molecule has 1 aromatic heterocycles. The largest absolute Gasteiger partial charge is 0.444 e. The predicted octanol–water partition coefficient (Wildman–Crippen LogP) is 0.711. The third-order valence-corrected chi connectivity index (χ3v) is 3.47. The maximum atomic E-state index is 11.9. The first-order chi connectivity index (χ1) is 8.46. The van der Waals surface area contributed by atoms with Gasteiger partial charge in [-0.1, -0.05) is 0 Å². The zero-order valence-electron chi connectivity index (χ0n) is 10.8. The Labute approximate surface area is 105 Å². The molecule has 1 saturated carbocycles. The minimum Gasteiger partial charge on any atom is -0.444 e. The zero-order chi connectivity index (χ0) is 12.9. The summed E-state index contributed by atoms with van der Waals surface area (Å²) in [6.45, 7) is 7.12. The summed E-state index contributed by atoms with van der Waals surface area (Å²) in [6.07, 6.45) is 1.42. The van der Waals surface area contributed by atoms with Gasteiger partial charge in [0, 0.05) is 24.9 Å². The standard InChI is InChI=1S/C11H17N5O2/c1-11(2,3)18-10(17)15-4-7-8(5-15)9(7)16-6-12-13-14-16/h6-9H,4-5H2,1-3H3/t7-,8+,9?. The second kappa shape index (κ2) is 3.66. The van der Waals surface area contributed by atoms with Gasteiger partial charge < -0.3 is 9.64 Å². The monoisotopic (exact) mass is 251 g/mol. The Bertz CT molecular complexity index is 440. The Morgan fingerprint density at radius 2 is 2.00 bits per heavy atom. The van der Waals surface area contributed by atoms with Gasteiger partial charge in [0.05, 0.1) is 6.04 Å². The molecule has 1 saturated heterocycles. The number of nitrogens with zero attached hydrogens (tertiary/aromatic N) is 5. The van der Waals surface area contributed by atoms with Gasteiger partial charge in [-0.15, -0.1) is 5.10 Å². The molecule has 18 heavy (non-hydrogen) atoms. The number of carbonyl (C=O) groups is 1. The van der Waals surface area contributed by atoms with E-state index in [2.05, 4.69) is 15.5 Å². The summed E-state index contributed by atoms with van der Waals surface area (Å²) in [5.41, 5.74) is -0.431. The summed E-state index contributed by atoms with van der Waals surface area (Å²) >= 11 is 0.